The van der Waals surface area contributed by atoms with Crippen molar-refractivity contribution in [1.82, 2.24) is 10.2 Å². The van der Waals surface area contributed by atoms with E-state index < -0.39 is 29.6 Å². The third kappa shape index (κ3) is 4.50. The van der Waals surface area contributed by atoms with Gasteiger partial charge < -0.3 is 24.8 Å². The van der Waals surface area contributed by atoms with Gasteiger partial charge in [0.15, 0.2) is 0 Å². The molecule has 2 amide bonds. The number of nitrogens with one attached hydrogen (secondary N) is 1. The lowest BCUT2D eigenvalue weighted by atomic mass is 9.81. The molecule has 4 atom stereocenters. The molecule has 0 bridgehead atoms. The number of likely N-dealkylation sites (tertiary alicyclic amines) is 1. The molecule has 2 aromatic carbocycles. The van der Waals surface area contributed by atoms with Crippen LogP contribution < -0.4 is 5.32 Å². The molecule has 0 saturated carbocycles. The number of carboxylic acids is 1. The van der Waals surface area contributed by atoms with Crippen molar-refractivity contribution in [3.63, 3.8) is 0 Å². The number of aliphatic carboxylic acids is 1. The molecule has 1 aliphatic carbocycles. The Bertz CT molecular complexity index is 1090. The summed E-state index contributed by atoms with van der Waals surface area (Å²) < 4.78 is 11.0. The Hall–Kier alpha value is -3.39. The van der Waals surface area contributed by atoms with Crippen LogP contribution in [0.4, 0.5) is 4.79 Å². The van der Waals surface area contributed by atoms with Crippen LogP contribution in [0, 0.1) is 11.3 Å². The predicted octanol–water partition coefficient (Wildman–Crippen LogP) is 3.50. The largest absolute Gasteiger partial charge is 0.481 e. The number of carbonyl (C=O) groups is 3. The maximum Gasteiger partial charge on any atom is 0.407 e. The number of nitrogens with zero attached hydrogens (tertiary/aromatic N) is 1. The highest BCUT2D eigenvalue weighted by atomic mass is 16.5. The molecule has 2 N–H and O–H groups in total. The fourth-order valence-corrected chi connectivity index (χ4v) is 5.07. The van der Waals surface area contributed by atoms with E-state index in [2.05, 4.69) is 17.4 Å². The Balaban J connectivity index is 1.45. The van der Waals surface area contributed by atoms with Gasteiger partial charge in [-0.2, -0.15) is 0 Å². The number of hydrogen-bond donors (Lipinski definition) is 2. The second kappa shape index (κ2) is 9.70. The summed E-state index contributed by atoms with van der Waals surface area (Å²) in [5.41, 5.74) is 3.41. The molecular weight excluding hydrogens is 448 g/mol. The fraction of sp³-hybridized carbons (Fsp3) is 0.444. The van der Waals surface area contributed by atoms with Gasteiger partial charge >= 0.3 is 12.1 Å². The fourth-order valence-electron chi connectivity index (χ4n) is 5.07. The highest BCUT2D eigenvalue weighted by molar-refractivity contribution is 5.88. The summed E-state index contributed by atoms with van der Waals surface area (Å²) in [6.45, 7) is 5.63. The van der Waals surface area contributed by atoms with E-state index in [0.29, 0.717) is 6.54 Å². The molecule has 4 rings (SSSR count). The van der Waals surface area contributed by atoms with Gasteiger partial charge in [-0.3, -0.25) is 9.59 Å². The number of ether oxygens (including phenoxy) is 2. The van der Waals surface area contributed by atoms with E-state index in [0.717, 1.165) is 22.3 Å². The number of amides is 2. The summed E-state index contributed by atoms with van der Waals surface area (Å²) in [7, 11) is 1.46. The first-order chi connectivity index (χ1) is 16.7. The molecule has 35 heavy (non-hydrogen) atoms. The highest BCUT2D eigenvalue weighted by Crippen LogP contribution is 2.44. The number of alkyl carbamates (subject to hydrolysis) is 1. The van der Waals surface area contributed by atoms with Gasteiger partial charge in [-0.15, -0.1) is 0 Å². The van der Waals surface area contributed by atoms with Gasteiger partial charge in [-0.25, -0.2) is 4.79 Å². The van der Waals surface area contributed by atoms with E-state index in [9.17, 15) is 19.5 Å². The monoisotopic (exact) mass is 480 g/mol. The molecular formula is C27H32N2O6. The summed E-state index contributed by atoms with van der Waals surface area (Å²) in [5, 5.41) is 12.3. The minimum absolute atomic E-state index is 0.0711. The van der Waals surface area contributed by atoms with E-state index in [1.54, 1.807) is 13.8 Å². The standard InChI is InChI=1S/C27H32N2O6/c1-16-13-29(15-27(16,3)25(31)32)24(30)23(17(2)34-4)28-26(33)35-14-22-20-11-7-5-9-18(20)19-10-6-8-12-21(19)22/h5-12,16-17,22-23H,13-15H2,1-4H3,(H,28,33)(H,31,32). The maximum absolute atomic E-state index is 13.3. The number of benzene rings is 2. The molecule has 4 unspecified atom stereocenters. The van der Waals surface area contributed by atoms with Crippen molar-refractivity contribution in [1.29, 1.82) is 0 Å². The molecule has 0 aromatic heterocycles. The van der Waals surface area contributed by atoms with Crippen LogP contribution in [0.25, 0.3) is 11.1 Å². The number of rotatable bonds is 7. The SMILES string of the molecule is COC(C)C(NC(=O)OCC1c2ccccc2-c2ccccc21)C(=O)N1CC(C)C(C)(C(=O)O)C1. The zero-order valence-electron chi connectivity index (χ0n) is 20.5. The minimum atomic E-state index is -1.04. The summed E-state index contributed by atoms with van der Waals surface area (Å²) in [4.78, 5) is 39.4. The van der Waals surface area contributed by atoms with Gasteiger partial charge in [-0.05, 0) is 42.0 Å². The number of carboxylic acid groups (broad SMARTS) is 1. The summed E-state index contributed by atoms with van der Waals surface area (Å²) in [6.07, 6.45) is -1.35. The Morgan fingerprint density at radius 2 is 1.69 bits per heavy atom. The lowest BCUT2D eigenvalue weighted by Crippen LogP contribution is -2.54. The number of carbonyl (C=O) groups excluding carboxylic acids is 2. The molecule has 1 aliphatic heterocycles. The van der Waals surface area contributed by atoms with Crippen molar-refractivity contribution in [2.24, 2.45) is 11.3 Å². The maximum atomic E-state index is 13.3. The summed E-state index contributed by atoms with van der Waals surface area (Å²) in [6, 6.07) is 15.1. The average Bonchev–Trinajstić information content (AvgIpc) is 3.35. The number of methoxy groups -OCH3 is 1. The normalized spacial score (nSPS) is 22.7. The summed E-state index contributed by atoms with van der Waals surface area (Å²) in [5.74, 6) is -1.65. The first kappa shape index (κ1) is 24.7. The highest BCUT2D eigenvalue weighted by Gasteiger charge is 2.49. The zero-order chi connectivity index (χ0) is 25.3. The smallest absolute Gasteiger partial charge is 0.407 e. The van der Waals surface area contributed by atoms with Crippen molar-refractivity contribution in [2.45, 2.75) is 38.8 Å². The molecule has 0 radical (unpaired) electrons. The van der Waals surface area contributed by atoms with E-state index >= 15 is 0 Å². The third-order valence-electron chi connectivity index (χ3n) is 7.63. The van der Waals surface area contributed by atoms with Gasteiger partial charge in [-0.1, -0.05) is 55.5 Å². The zero-order valence-corrected chi connectivity index (χ0v) is 20.5. The molecule has 8 heteroatoms. The first-order valence-corrected chi connectivity index (χ1v) is 11.8. The third-order valence-corrected chi connectivity index (χ3v) is 7.63. The quantitative estimate of drug-likeness (QED) is 0.629. The van der Waals surface area contributed by atoms with Crippen molar-refractivity contribution >= 4 is 18.0 Å². The van der Waals surface area contributed by atoms with Crippen LogP contribution in [-0.2, 0) is 19.1 Å². The Kier molecular flexibility index (Phi) is 6.85. The Morgan fingerprint density at radius 3 is 2.20 bits per heavy atom. The lowest BCUT2D eigenvalue weighted by Gasteiger charge is -2.28. The molecule has 2 aromatic rings. The molecule has 0 spiro atoms. The predicted molar refractivity (Wildman–Crippen MR) is 130 cm³/mol. The van der Waals surface area contributed by atoms with E-state index in [1.807, 2.05) is 43.3 Å². The van der Waals surface area contributed by atoms with Crippen LogP contribution in [0.15, 0.2) is 48.5 Å². The van der Waals surface area contributed by atoms with Crippen LogP contribution >= 0.6 is 0 Å². The van der Waals surface area contributed by atoms with Crippen LogP contribution in [-0.4, -0.2) is 66.9 Å². The van der Waals surface area contributed by atoms with E-state index in [1.165, 1.54) is 12.0 Å². The molecule has 2 aliphatic rings. The van der Waals surface area contributed by atoms with Gasteiger partial charge in [0.05, 0.1) is 11.5 Å². The van der Waals surface area contributed by atoms with Gasteiger partial charge in [0.1, 0.15) is 12.6 Å². The number of fused-ring (bicyclic) bond motifs is 3. The second-order valence-electron chi connectivity index (χ2n) is 9.73. The molecule has 186 valence electrons. The molecule has 1 fully saturated rings. The van der Waals surface area contributed by atoms with E-state index in [4.69, 9.17) is 9.47 Å². The molecule has 8 nitrogen and oxygen atoms in total. The number of hydrogen-bond acceptors (Lipinski definition) is 5. The lowest BCUT2D eigenvalue weighted by molar-refractivity contribution is -0.149. The molecule has 1 saturated heterocycles. The van der Waals surface area contributed by atoms with Crippen LogP contribution in [0.1, 0.15) is 37.8 Å². The van der Waals surface area contributed by atoms with Crippen molar-refractivity contribution in [3.8, 4) is 11.1 Å². The van der Waals surface area contributed by atoms with Gasteiger partial charge in [0.2, 0.25) is 5.91 Å². The van der Waals surface area contributed by atoms with E-state index in [-0.39, 0.29) is 30.9 Å². The Morgan fingerprint density at radius 1 is 1.11 bits per heavy atom. The first-order valence-electron chi connectivity index (χ1n) is 11.8. The van der Waals surface area contributed by atoms with Crippen molar-refractivity contribution in [3.05, 3.63) is 59.7 Å². The molecule has 1 heterocycles. The summed E-state index contributed by atoms with van der Waals surface area (Å²) >= 11 is 0. The minimum Gasteiger partial charge on any atom is -0.481 e. The average molecular weight is 481 g/mol. The van der Waals surface area contributed by atoms with Crippen molar-refractivity contribution in [2.75, 3.05) is 26.8 Å². The van der Waals surface area contributed by atoms with Crippen LogP contribution in [0.3, 0.4) is 0 Å². The van der Waals surface area contributed by atoms with Gasteiger partial charge in [0, 0.05) is 26.1 Å². The van der Waals surface area contributed by atoms with Crippen molar-refractivity contribution < 1.29 is 29.0 Å². The topological polar surface area (TPSA) is 105 Å². The van der Waals surface area contributed by atoms with Crippen LogP contribution in [0.2, 0.25) is 0 Å². The second-order valence-corrected chi connectivity index (χ2v) is 9.73. The van der Waals surface area contributed by atoms with Gasteiger partial charge in [0.25, 0.3) is 0 Å². The van der Waals surface area contributed by atoms with Crippen LogP contribution in [0.5, 0.6) is 0 Å². The Labute approximate surface area is 205 Å².